The van der Waals surface area contributed by atoms with Crippen LogP contribution in [-0.4, -0.2) is 56.4 Å². The van der Waals surface area contributed by atoms with Crippen LogP contribution in [0.25, 0.3) is 0 Å². The summed E-state index contributed by atoms with van der Waals surface area (Å²) in [5.74, 6) is -1.15. The second-order valence-electron chi connectivity index (χ2n) is 11.7. The lowest BCUT2D eigenvalue weighted by Gasteiger charge is -2.37. The number of benzene rings is 2. The molecule has 7 rings (SSSR count). The van der Waals surface area contributed by atoms with Crippen LogP contribution in [0.5, 0.6) is 0 Å². The minimum absolute atomic E-state index is 0.152. The smallest absolute Gasteiger partial charge is 0.331 e. The van der Waals surface area contributed by atoms with Gasteiger partial charge in [-0.1, -0.05) is 65.9 Å². The number of rotatable bonds is 8. The number of aromatic nitrogens is 4. The number of amides is 1. The number of carbonyl (C=O) groups is 2. The molecular formula is C32H32N5O5S+. The van der Waals surface area contributed by atoms with Gasteiger partial charge in [-0.25, -0.2) is 13.2 Å². The van der Waals surface area contributed by atoms with E-state index in [2.05, 4.69) is 20.9 Å². The van der Waals surface area contributed by atoms with Gasteiger partial charge in [0.15, 0.2) is 40.4 Å². The first-order valence-corrected chi connectivity index (χ1v) is 16.0. The second kappa shape index (κ2) is 10.4. The van der Waals surface area contributed by atoms with Crippen LogP contribution in [0.15, 0.2) is 85.2 Å². The molecule has 1 amide bonds. The highest BCUT2D eigenvalue weighted by Gasteiger charge is 2.70. The second-order valence-corrected chi connectivity index (χ2v) is 14.3. The topological polar surface area (TPSA) is 115 Å². The lowest BCUT2D eigenvalue weighted by atomic mass is 9.95. The molecule has 2 aromatic heterocycles. The van der Waals surface area contributed by atoms with Crippen LogP contribution in [0.2, 0.25) is 0 Å². The van der Waals surface area contributed by atoms with E-state index in [1.807, 2.05) is 72.9 Å². The first-order chi connectivity index (χ1) is 20.8. The molecule has 0 unspecified atom stereocenters. The van der Waals surface area contributed by atoms with Gasteiger partial charge in [0.05, 0.1) is 19.2 Å². The number of aryl methyl sites for hydroxylation is 1. The summed E-state index contributed by atoms with van der Waals surface area (Å²) < 4.78 is 35.9. The van der Waals surface area contributed by atoms with E-state index in [1.165, 1.54) is 27.8 Å². The Kier molecular flexibility index (Phi) is 6.65. The van der Waals surface area contributed by atoms with E-state index in [0.717, 1.165) is 30.4 Å². The van der Waals surface area contributed by atoms with Crippen molar-refractivity contribution >= 4 is 21.7 Å². The van der Waals surface area contributed by atoms with E-state index < -0.39 is 38.1 Å². The summed E-state index contributed by atoms with van der Waals surface area (Å²) in [5, 5.41) is 7.51. The van der Waals surface area contributed by atoms with E-state index in [9.17, 15) is 18.0 Å². The average molecular weight is 599 g/mol. The van der Waals surface area contributed by atoms with Crippen molar-refractivity contribution in [2.75, 3.05) is 0 Å². The van der Waals surface area contributed by atoms with E-state index in [-0.39, 0.29) is 18.9 Å². The van der Waals surface area contributed by atoms with Gasteiger partial charge in [-0.2, -0.15) is 4.57 Å². The molecule has 1 aliphatic carbocycles. The molecule has 2 saturated heterocycles. The molecule has 10 nitrogen and oxygen atoms in total. The summed E-state index contributed by atoms with van der Waals surface area (Å²) in [6, 6.07) is 21.4. The van der Waals surface area contributed by atoms with Gasteiger partial charge in [0, 0.05) is 18.1 Å². The number of β-lactam (4-membered cyclic amide) rings is 1. The molecule has 3 atom stereocenters. The van der Waals surface area contributed by atoms with Gasteiger partial charge in [-0.3, -0.25) is 9.48 Å². The van der Waals surface area contributed by atoms with Crippen molar-refractivity contribution in [2.45, 2.75) is 68.0 Å². The predicted octanol–water partition coefficient (Wildman–Crippen LogP) is 2.55. The number of ether oxygens (including phenoxy) is 1. The fourth-order valence-corrected chi connectivity index (χ4v) is 9.13. The number of fused-ring (bicyclic) bond motifs is 2. The zero-order valence-corrected chi connectivity index (χ0v) is 24.6. The highest BCUT2D eigenvalue weighted by molar-refractivity contribution is 7.93. The molecule has 2 fully saturated rings. The predicted molar refractivity (Wildman–Crippen MR) is 155 cm³/mol. The van der Waals surface area contributed by atoms with Crippen molar-refractivity contribution in [1.29, 1.82) is 0 Å². The van der Waals surface area contributed by atoms with Crippen molar-refractivity contribution in [3.05, 3.63) is 113 Å². The van der Waals surface area contributed by atoms with E-state index in [0.29, 0.717) is 12.2 Å². The standard InChI is InChI=1S/C32H32N5O5S/c1-32(21-36-20-25(33-34-36)19-35-17-9-15-22-14-8-16-26(22)35)30(37-27(38)18-28(37)43(32,40)41)31(39)42-29(23-10-4-2-5-11-23)24-12-6-3-7-13-24/h2-7,9-13,15,17,20,28-30H,8,14,16,18-19,21H2,1H3/q+1/t28-,30+,32+/m1/s1. The Bertz CT molecular complexity index is 1770. The molecule has 0 N–H and O–H groups in total. The summed E-state index contributed by atoms with van der Waals surface area (Å²) in [7, 11) is -3.97. The number of esters is 1. The highest BCUT2D eigenvalue weighted by Crippen LogP contribution is 2.47. The number of hydrogen-bond donors (Lipinski definition) is 0. The fourth-order valence-electron chi connectivity index (χ4n) is 6.78. The number of nitrogens with zero attached hydrogens (tertiary/aromatic N) is 5. The molecule has 11 heteroatoms. The van der Waals surface area contributed by atoms with Crippen molar-refractivity contribution < 1.29 is 27.3 Å². The maximum atomic E-state index is 14.1. The van der Waals surface area contributed by atoms with Crippen LogP contribution in [0.3, 0.4) is 0 Å². The van der Waals surface area contributed by atoms with E-state index in [4.69, 9.17) is 4.74 Å². The molecule has 0 radical (unpaired) electrons. The Morgan fingerprint density at radius 2 is 1.74 bits per heavy atom. The first kappa shape index (κ1) is 27.5. The molecular weight excluding hydrogens is 566 g/mol. The van der Waals surface area contributed by atoms with Crippen LogP contribution in [0, 0.1) is 0 Å². The Morgan fingerprint density at radius 1 is 1.05 bits per heavy atom. The monoisotopic (exact) mass is 598 g/mol. The maximum absolute atomic E-state index is 14.1. The first-order valence-electron chi connectivity index (χ1n) is 14.5. The molecule has 2 aromatic carbocycles. The van der Waals surface area contributed by atoms with Gasteiger partial charge in [0.25, 0.3) is 0 Å². The lowest BCUT2D eigenvalue weighted by Crippen LogP contribution is -2.58. The van der Waals surface area contributed by atoms with Crippen LogP contribution in [-0.2, 0) is 50.1 Å². The largest absolute Gasteiger partial charge is 0.451 e. The zero-order valence-electron chi connectivity index (χ0n) is 23.7. The summed E-state index contributed by atoms with van der Waals surface area (Å²) >= 11 is 0. The summed E-state index contributed by atoms with van der Waals surface area (Å²) in [6.45, 7) is 1.86. The Labute approximate surface area is 249 Å². The maximum Gasteiger partial charge on any atom is 0.331 e. The number of pyridine rings is 1. The summed E-state index contributed by atoms with van der Waals surface area (Å²) in [6.07, 6.45) is 5.99. The number of carbonyl (C=O) groups excluding carboxylic acids is 2. The molecule has 43 heavy (non-hydrogen) atoms. The highest BCUT2D eigenvalue weighted by atomic mass is 32.2. The lowest BCUT2D eigenvalue weighted by molar-refractivity contribution is -0.696. The van der Waals surface area contributed by atoms with Crippen LogP contribution in [0.4, 0.5) is 0 Å². The summed E-state index contributed by atoms with van der Waals surface area (Å²) in [5.41, 5.74) is 4.76. The van der Waals surface area contributed by atoms with E-state index >= 15 is 0 Å². The van der Waals surface area contributed by atoms with Crippen LogP contribution in [0.1, 0.15) is 53.9 Å². The Balaban J connectivity index is 1.19. The molecule has 3 aliphatic rings. The van der Waals surface area contributed by atoms with Crippen LogP contribution >= 0.6 is 0 Å². The van der Waals surface area contributed by atoms with Crippen LogP contribution < -0.4 is 4.57 Å². The molecule has 0 spiro atoms. The SMILES string of the molecule is C[C@]1(Cn2cc(C[n+]3cccc4c3CCC4)nn2)[C@H](C(=O)OC(c2ccccc2)c2ccccc2)N2C(=O)C[C@H]2S1(=O)=O. The third-order valence-electron chi connectivity index (χ3n) is 9.01. The number of hydrogen-bond acceptors (Lipinski definition) is 7. The fraction of sp³-hybridized carbons (Fsp3) is 0.344. The van der Waals surface area contributed by atoms with Gasteiger partial charge in [0.1, 0.15) is 15.8 Å². The molecule has 220 valence electrons. The van der Waals surface area contributed by atoms with Crippen molar-refractivity contribution in [3.8, 4) is 0 Å². The Morgan fingerprint density at radius 3 is 2.42 bits per heavy atom. The molecule has 2 aliphatic heterocycles. The van der Waals surface area contributed by atoms with Gasteiger partial charge < -0.3 is 9.64 Å². The summed E-state index contributed by atoms with van der Waals surface area (Å²) in [4.78, 5) is 28.0. The third-order valence-corrected chi connectivity index (χ3v) is 11.8. The van der Waals surface area contributed by atoms with Gasteiger partial charge in [-0.15, -0.1) is 5.10 Å². The van der Waals surface area contributed by atoms with Gasteiger partial charge >= 0.3 is 5.97 Å². The minimum Gasteiger partial charge on any atom is -0.451 e. The quantitative estimate of drug-likeness (QED) is 0.174. The van der Waals surface area contributed by atoms with Gasteiger partial charge in [0.2, 0.25) is 5.91 Å². The third kappa shape index (κ3) is 4.53. The molecule has 0 saturated carbocycles. The minimum atomic E-state index is -3.97. The molecule has 0 bridgehead atoms. The van der Waals surface area contributed by atoms with Crippen molar-refractivity contribution in [2.24, 2.45) is 0 Å². The zero-order chi connectivity index (χ0) is 29.8. The van der Waals surface area contributed by atoms with Crippen molar-refractivity contribution in [3.63, 3.8) is 0 Å². The van der Waals surface area contributed by atoms with Gasteiger partial charge in [-0.05, 0) is 37.0 Å². The molecule has 4 heterocycles. The van der Waals surface area contributed by atoms with E-state index in [1.54, 1.807) is 6.20 Å². The normalized spacial score (nSPS) is 23.6. The Hall–Kier alpha value is -4.38. The van der Waals surface area contributed by atoms with Crippen molar-refractivity contribution in [1.82, 2.24) is 19.9 Å². The molecule has 4 aromatic rings. The average Bonchev–Trinajstić information content (AvgIpc) is 3.70. The number of sulfone groups is 1.